The van der Waals surface area contributed by atoms with Crippen LogP contribution in [0.2, 0.25) is 0 Å². The molecule has 2 amide bonds. The van der Waals surface area contributed by atoms with E-state index in [0.29, 0.717) is 48.5 Å². The number of furan rings is 1. The number of benzene rings is 2. The van der Waals surface area contributed by atoms with Crippen LogP contribution >= 0.6 is 0 Å². The van der Waals surface area contributed by atoms with Crippen LogP contribution in [0, 0.1) is 5.82 Å². The van der Waals surface area contributed by atoms with Gasteiger partial charge in [0.05, 0.1) is 13.2 Å². The van der Waals surface area contributed by atoms with Crippen molar-refractivity contribution >= 4 is 34.5 Å². The third-order valence-electron chi connectivity index (χ3n) is 4.61. The minimum Gasteiger partial charge on any atom is -0.449 e. The Bertz CT molecular complexity index is 1080. The van der Waals surface area contributed by atoms with E-state index in [2.05, 4.69) is 5.32 Å². The number of ether oxygens (including phenoxy) is 1. The Balaban J connectivity index is 1.61. The maximum absolute atomic E-state index is 13.3. The summed E-state index contributed by atoms with van der Waals surface area (Å²) in [4.78, 5) is 27.1. The summed E-state index contributed by atoms with van der Waals surface area (Å²) in [6.45, 7) is 1.85. The minimum atomic E-state index is -0.447. The first-order valence-corrected chi connectivity index (χ1v) is 9.25. The number of nitrogens with one attached hydrogen (secondary N) is 1. The maximum atomic E-state index is 13.3. The molecule has 1 aromatic heterocycles. The molecule has 1 saturated heterocycles. The number of amides is 2. The predicted molar refractivity (Wildman–Crippen MR) is 107 cm³/mol. The smallest absolute Gasteiger partial charge is 0.291 e. The molecule has 1 fully saturated rings. The summed E-state index contributed by atoms with van der Waals surface area (Å²) >= 11 is 0. The van der Waals surface area contributed by atoms with E-state index in [4.69, 9.17) is 9.15 Å². The first kappa shape index (κ1) is 18.9. The Kier molecular flexibility index (Phi) is 5.39. The van der Waals surface area contributed by atoms with E-state index in [-0.39, 0.29) is 17.5 Å². The number of carbonyl (C=O) groups excluding carboxylic acids is 2. The van der Waals surface area contributed by atoms with Crippen LogP contribution in [0.1, 0.15) is 16.1 Å². The fourth-order valence-corrected chi connectivity index (χ4v) is 3.18. The minimum absolute atomic E-state index is 0.0839. The molecule has 0 bridgehead atoms. The summed E-state index contributed by atoms with van der Waals surface area (Å²) < 4.78 is 24.4. The Hall–Kier alpha value is -3.45. The molecule has 0 unspecified atom stereocenters. The number of para-hydroxylation sites is 1. The molecule has 0 radical (unpaired) electrons. The lowest BCUT2D eigenvalue weighted by atomic mass is 10.2. The molecule has 3 aromatic rings. The van der Waals surface area contributed by atoms with Crippen molar-refractivity contribution < 1.29 is 23.1 Å². The predicted octanol–water partition coefficient (Wildman–Crippen LogP) is 3.70. The Morgan fingerprint density at radius 2 is 1.86 bits per heavy atom. The number of hydrogen-bond acceptors (Lipinski definition) is 4. The standard InChI is InChI=1S/C22H19FN2O4/c23-16-5-3-4-15(14-16)8-9-19(26)24-20-17-6-1-2-7-18(17)29-21(20)22(27)25-10-12-28-13-11-25/h1-9,14H,10-13H2,(H,24,26)/b9-8+. The molecule has 0 aliphatic carbocycles. The van der Waals surface area contributed by atoms with Gasteiger partial charge in [-0.15, -0.1) is 0 Å². The highest BCUT2D eigenvalue weighted by molar-refractivity contribution is 6.13. The maximum Gasteiger partial charge on any atom is 0.291 e. The second kappa shape index (κ2) is 8.28. The summed E-state index contributed by atoms with van der Waals surface area (Å²) in [6.07, 6.45) is 2.80. The number of morpholine rings is 1. The quantitative estimate of drug-likeness (QED) is 0.685. The topological polar surface area (TPSA) is 71.8 Å². The molecule has 1 aliphatic heterocycles. The normalized spacial score (nSPS) is 14.4. The lowest BCUT2D eigenvalue weighted by Crippen LogP contribution is -2.40. The van der Waals surface area contributed by atoms with Gasteiger partial charge in [-0.05, 0) is 35.9 Å². The number of rotatable bonds is 4. The second-order valence-electron chi connectivity index (χ2n) is 6.58. The van der Waals surface area contributed by atoms with E-state index >= 15 is 0 Å². The van der Waals surface area contributed by atoms with Crippen molar-refractivity contribution in [3.05, 3.63) is 71.7 Å². The summed E-state index contributed by atoms with van der Waals surface area (Å²) in [5, 5.41) is 3.38. The molecule has 7 heteroatoms. The monoisotopic (exact) mass is 394 g/mol. The van der Waals surface area contributed by atoms with E-state index < -0.39 is 5.91 Å². The summed E-state index contributed by atoms with van der Waals surface area (Å²) in [6, 6.07) is 13.0. The van der Waals surface area contributed by atoms with Gasteiger partial charge in [-0.2, -0.15) is 0 Å². The zero-order valence-corrected chi connectivity index (χ0v) is 15.6. The Labute approximate surface area is 166 Å². The molecule has 29 heavy (non-hydrogen) atoms. The van der Waals surface area contributed by atoms with Crippen molar-refractivity contribution in [2.24, 2.45) is 0 Å². The molecular weight excluding hydrogens is 375 g/mol. The number of carbonyl (C=O) groups is 2. The van der Waals surface area contributed by atoms with E-state index in [1.807, 2.05) is 0 Å². The summed E-state index contributed by atoms with van der Waals surface area (Å²) in [5.74, 6) is -1.04. The van der Waals surface area contributed by atoms with Crippen molar-refractivity contribution in [1.29, 1.82) is 0 Å². The van der Waals surface area contributed by atoms with E-state index in [9.17, 15) is 14.0 Å². The largest absolute Gasteiger partial charge is 0.449 e. The third kappa shape index (κ3) is 4.20. The fourth-order valence-electron chi connectivity index (χ4n) is 3.18. The van der Waals surface area contributed by atoms with Gasteiger partial charge in [0.25, 0.3) is 5.91 Å². The van der Waals surface area contributed by atoms with Crippen LogP contribution in [0.5, 0.6) is 0 Å². The molecule has 1 N–H and O–H groups in total. The van der Waals surface area contributed by atoms with Gasteiger partial charge in [0.1, 0.15) is 17.1 Å². The summed E-state index contributed by atoms with van der Waals surface area (Å²) in [5.41, 5.74) is 1.39. The SMILES string of the molecule is O=C(/C=C/c1cccc(F)c1)Nc1c(C(=O)N2CCOCC2)oc2ccccc12. The number of hydrogen-bond donors (Lipinski definition) is 1. The lowest BCUT2D eigenvalue weighted by molar-refractivity contribution is -0.111. The Morgan fingerprint density at radius 1 is 1.07 bits per heavy atom. The van der Waals surface area contributed by atoms with Crippen LogP contribution in [0.3, 0.4) is 0 Å². The van der Waals surface area contributed by atoms with Crippen molar-refractivity contribution in [1.82, 2.24) is 4.90 Å². The van der Waals surface area contributed by atoms with E-state index in [0.717, 1.165) is 0 Å². The average Bonchev–Trinajstić information content (AvgIpc) is 3.11. The van der Waals surface area contributed by atoms with Gasteiger partial charge in [0, 0.05) is 24.6 Å². The molecule has 148 valence electrons. The van der Waals surface area contributed by atoms with E-state index in [1.54, 1.807) is 41.3 Å². The van der Waals surface area contributed by atoms with Crippen LogP contribution < -0.4 is 5.32 Å². The van der Waals surface area contributed by atoms with Crippen molar-refractivity contribution in [3.8, 4) is 0 Å². The molecule has 0 saturated carbocycles. The number of fused-ring (bicyclic) bond motifs is 1. The molecule has 6 nitrogen and oxygen atoms in total. The van der Waals surface area contributed by atoms with Crippen LogP contribution in [-0.4, -0.2) is 43.0 Å². The summed E-state index contributed by atoms with van der Waals surface area (Å²) in [7, 11) is 0. The Morgan fingerprint density at radius 3 is 2.66 bits per heavy atom. The van der Waals surface area contributed by atoms with Gasteiger partial charge in [-0.25, -0.2) is 4.39 Å². The molecule has 2 heterocycles. The number of halogens is 1. The molecule has 1 aliphatic rings. The molecular formula is C22H19FN2O4. The second-order valence-corrected chi connectivity index (χ2v) is 6.58. The first-order valence-electron chi connectivity index (χ1n) is 9.25. The van der Waals surface area contributed by atoms with Crippen molar-refractivity contribution in [2.45, 2.75) is 0 Å². The van der Waals surface area contributed by atoms with Crippen molar-refractivity contribution in [2.75, 3.05) is 31.6 Å². The van der Waals surface area contributed by atoms with Gasteiger partial charge in [-0.3, -0.25) is 9.59 Å². The number of nitrogens with zero attached hydrogens (tertiary/aromatic N) is 1. The van der Waals surface area contributed by atoms with Gasteiger partial charge >= 0.3 is 0 Å². The highest BCUT2D eigenvalue weighted by Crippen LogP contribution is 2.32. The molecule has 0 atom stereocenters. The molecule has 2 aromatic carbocycles. The van der Waals surface area contributed by atoms with Crippen LogP contribution in [0.15, 0.2) is 59.0 Å². The van der Waals surface area contributed by atoms with Gasteiger partial charge < -0.3 is 19.4 Å². The fraction of sp³-hybridized carbons (Fsp3) is 0.182. The highest BCUT2D eigenvalue weighted by atomic mass is 19.1. The van der Waals surface area contributed by atoms with E-state index in [1.165, 1.54) is 24.3 Å². The van der Waals surface area contributed by atoms with Crippen molar-refractivity contribution in [3.63, 3.8) is 0 Å². The third-order valence-corrected chi connectivity index (χ3v) is 4.61. The molecule has 0 spiro atoms. The molecule has 4 rings (SSSR count). The van der Waals surface area contributed by atoms with Gasteiger partial charge in [-0.1, -0.05) is 24.3 Å². The van der Waals surface area contributed by atoms with Crippen LogP contribution in [0.4, 0.5) is 10.1 Å². The zero-order chi connectivity index (χ0) is 20.2. The lowest BCUT2D eigenvalue weighted by Gasteiger charge is -2.26. The van der Waals surface area contributed by atoms with Crippen LogP contribution in [0.25, 0.3) is 17.0 Å². The zero-order valence-electron chi connectivity index (χ0n) is 15.6. The highest BCUT2D eigenvalue weighted by Gasteiger charge is 2.27. The van der Waals surface area contributed by atoms with Gasteiger partial charge in [0.15, 0.2) is 0 Å². The first-order chi connectivity index (χ1) is 14.1. The van der Waals surface area contributed by atoms with Gasteiger partial charge in [0.2, 0.25) is 11.7 Å². The number of anilines is 1. The van der Waals surface area contributed by atoms with Crippen LogP contribution in [-0.2, 0) is 9.53 Å². The average molecular weight is 394 g/mol.